The molecule has 0 aromatic heterocycles. The monoisotopic (exact) mass is 773 g/mol. The fourth-order valence-electron chi connectivity index (χ4n) is 6.57. The van der Waals surface area contributed by atoms with Crippen molar-refractivity contribution in [3.63, 3.8) is 0 Å². The number of piperidine rings is 2. The summed E-state index contributed by atoms with van der Waals surface area (Å²) in [6.45, 7) is 15.4. The van der Waals surface area contributed by atoms with E-state index in [0.29, 0.717) is 35.8 Å². The molecule has 4 heterocycles. The topological polar surface area (TPSA) is 228 Å². The van der Waals surface area contributed by atoms with Gasteiger partial charge in [0.25, 0.3) is 0 Å². The molecule has 0 aromatic carbocycles. The van der Waals surface area contributed by atoms with E-state index in [1.165, 1.54) is 91.8 Å². The summed E-state index contributed by atoms with van der Waals surface area (Å²) in [5, 5.41) is 18.6. The Morgan fingerprint density at radius 2 is 0.961 bits per heavy atom. The third kappa shape index (κ3) is 15.2. The van der Waals surface area contributed by atoms with E-state index in [1.54, 1.807) is 0 Å². The van der Waals surface area contributed by atoms with Crippen molar-refractivity contribution < 1.29 is 78.1 Å². The minimum atomic E-state index is -4.96. The Bertz CT molecular complexity index is 1270. The number of hydrogen-bond acceptors (Lipinski definition) is 12. The van der Waals surface area contributed by atoms with Gasteiger partial charge in [0.2, 0.25) is 20.8 Å². The Hall–Kier alpha value is -1.78. The van der Waals surface area contributed by atoms with Gasteiger partial charge < -0.3 is 23.4 Å². The number of hydrogen-bond donors (Lipinski definition) is 0. The molecule has 0 aliphatic carbocycles. The summed E-state index contributed by atoms with van der Waals surface area (Å²) in [5.41, 5.74) is 0. The molecule has 288 valence electrons. The molecular formula is C31H56N7NaO10S2. The number of nitriles is 2. The summed E-state index contributed by atoms with van der Waals surface area (Å²) in [6.07, 6.45) is 12.8. The fraction of sp³-hybridized carbons (Fsp3) is 0.871. The van der Waals surface area contributed by atoms with E-state index in [0.717, 1.165) is 0 Å². The van der Waals surface area contributed by atoms with E-state index in [-0.39, 0.29) is 50.1 Å². The zero-order valence-electron chi connectivity index (χ0n) is 30.1. The maximum Gasteiger partial charge on any atom is 1.00 e. The molecule has 0 unspecified atom stereocenters. The van der Waals surface area contributed by atoms with Crippen LogP contribution in [-0.2, 0) is 29.4 Å². The molecular weight excluding hydrogens is 718 g/mol. The van der Waals surface area contributed by atoms with Crippen LogP contribution in [0, 0.1) is 22.7 Å². The number of amides is 4. The van der Waals surface area contributed by atoms with Crippen molar-refractivity contribution >= 4 is 32.9 Å². The zero-order valence-corrected chi connectivity index (χ0v) is 33.7. The molecule has 4 aliphatic heterocycles. The van der Waals surface area contributed by atoms with Gasteiger partial charge in [0, 0.05) is 13.1 Å². The van der Waals surface area contributed by atoms with Crippen LogP contribution in [0.3, 0.4) is 0 Å². The van der Waals surface area contributed by atoms with Gasteiger partial charge in [-0.15, -0.1) is 0 Å². The molecule has 0 spiro atoms. The summed E-state index contributed by atoms with van der Waals surface area (Å²) in [5.74, 6) is 0. The third-order valence-corrected chi connectivity index (χ3v) is 9.92. The van der Waals surface area contributed by atoms with Gasteiger partial charge in [0.1, 0.15) is 12.1 Å². The Morgan fingerprint density at radius 3 is 1.20 bits per heavy atom. The first-order chi connectivity index (χ1) is 23.1. The maximum absolute atomic E-state index is 11.6. The van der Waals surface area contributed by atoms with Crippen LogP contribution in [-0.4, -0.2) is 126 Å². The molecule has 4 atom stereocenters. The Morgan fingerprint density at radius 1 is 0.667 bits per heavy atom. The number of carbonyl (C=O) groups excluding carboxylic acids is 2. The Balaban J connectivity index is 0.000000721. The molecule has 0 radical (unpaired) electrons. The fourth-order valence-corrected chi connectivity index (χ4v) is 7.33. The molecule has 0 saturated carbocycles. The summed E-state index contributed by atoms with van der Waals surface area (Å²) in [7, 11) is -9.92. The van der Waals surface area contributed by atoms with Crippen LogP contribution in [0.4, 0.5) is 9.59 Å². The van der Waals surface area contributed by atoms with E-state index >= 15 is 0 Å². The minimum Gasteiger partial charge on any atom is -0.724 e. The van der Waals surface area contributed by atoms with Crippen molar-refractivity contribution in [3.8, 4) is 12.1 Å². The second kappa shape index (κ2) is 23.1. The van der Waals surface area contributed by atoms with Crippen LogP contribution in [0.1, 0.15) is 112 Å². The SMILES string of the molecule is C.CCCC[N+](CCCC)(CCCC)CCCC.N#C[C@@H]1CC[C@H]2CN1C(=O)N2OS(=O)(=O)[O-].N#C[C@@H]1CC[C@H]2CN1C(=O)N2OS(=O)(=O)[O-].[Na+]. The first-order valence-corrected chi connectivity index (χ1v) is 19.9. The smallest absolute Gasteiger partial charge is 0.724 e. The van der Waals surface area contributed by atoms with Crippen LogP contribution in [0.2, 0.25) is 0 Å². The van der Waals surface area contributed by atoms with Crippen molar-refractivity contribution in [3.05, 3.63) is 0 Å². The normalized spacial score (nSPS) is 22.4. The molecule has 4 fully saturated rings. The quantitative estimate of drug-likeness (QED) is 0.0926. The van der Waals surface area contributed by atoms with Gasteiger partial charge in [-0.3, -0.25) is 0 Å². The molecule has 4 saturated heterocycles. The summed E-state index contributed by atoms with van der Waals surface area (Å²) >= 11 is 0. The average molecular weight is 774 g/mol. The Kier molecular flexibility index (Phi) is 22.3. The molecule has 4 aliphatic rings. The van der Waals surface area contributed by atoms with Gasteiger partial charge >= 0.3 is 41.6 Å². The number of carbonyl (C=O) groups is 2. The van der Waals surface area contributed by atoms with Gasteiger partial charge in [0.05, 0.1) is 50.4 Å². The predicted molar refractivity (Wildman–Crippen MR) is 180 cm³/mol. The number of quaternary nitrogens is 1. The van der Waals surface area contributed by atoms with Crippen molar-refractivity contribution in [2.75, 3.05) is 39.3 Å². The molecule has 0 aromatic rings. The number of nitrogens with zero attached hydrogens (tertiary/aromatic N) is 7. The standard InChI is InChI=1S/C16H36N.2C7H9N3O5S.CH4.Na/c1-5-9-13-17(14-10-6-2,15-11-7-3)16-12-8-4;2*8-3-5-1-2-6-4-9(5)7(11)10(6)15-16(12,13)14;;/h5-16H2,1-4H3;2*5-6H,1-2,4H2,(H,12,13,14);1H4;/q+1;;;;+1/p-2/t;2*5-,6-;;/m.00../s1. The van der Waals surface area contributed by atoms with Gasteiger partial charge in [-0.25, -0.2) is 26.4 Å². The maximum atomic E-state index is 11.6. The third-order valence-electron chi connectivity index (χ3n) is 9.23. The molecule has 4 bridgehead atoms. The van der Waals surface area contributed by atoms with Crippen molar-refractivity contribution in [1.82, 2.24) is 19.9 Å². The summed E-state index contributed by atoms with van der Waals surface area (Å²) in [6, 6.07) is 0.300. The minimum absolute atomic E-state index is 0. The number of hydroxylamine groups is 4. The largest absolute Gasteiger partial charge is 1.00 e. The first kappa shape index (κ1) is 49.2. The molecule has 0 N–H and O–H groups in total. The van der Waals surface area contributed by atoms with E-state index in [9.17, 15) is 35.5 Å². The van der Waals surface area contributed by atoms with Gasteiger partial charge in [-0.05, 0) is 51.4 Å². The molecule has 20 heteroatoms. The zero-order chi connectivity index (χ0) is 36.8. The summed E-state index contributed by atoms with van der Waals surface area (Å²) in [4.78, 5) is 25.6. The van der Waals surface area contributed by atoms with Crippen LogP contribution >= 0.6 is 0 Å². The summed E-state index contributed by atoms with van der Waals surface area (Å²) < 4.78 is 72.1. The number of fused-ring (bicyclic) bond motifs is 4. The second-order valence-electron chi connectivity index (χ2n) is 12.9. The van der Waals surface area contributed by atoms with Crippen molar-refractivity contribution in [2.45, 2.75) is 136 Å². The van der Waals surface area contributed by atoms with E-state index in [4.69, 9.17) is 10.5 Å². The average Bonchev–Trinajstić information content (AvgIpc) is 3.43. The molecule has 4 amide bonds. The van der Waals surface area contributed by atoms with E-state index in [1.807, 2.05) is 12.1 Å². The van der Waals surface area contributed by atoms with Crippen LogP contribution in [0.25, 0.3) is 0 Å². The van der Waals surface area contributed by atoms with Crippen LogP contribution < -0.4 is 29.6 Å². The van der Waals surface area contributed by atoms with E-state index in [2.05, 4.69) is 36.3 Å². The van der Waals surface area contributed by atoms with Crippen molar-refractivity contribution in [1.29, 1.82) is 10.5 Å². The van der Waals surface area contributed by atoms with Gasteiger partial charge in [0.15, 0.2) is 0 Å². The van der Waals surface area contributed by atoms with Crippen LogP contribution in [0.15, 0.2) is 0 Å². The Labute approximate surface area is 327 Å². The van der Waals surface area contributed by atoms with Crippen molar-refractivity contribution in [2.24, 2.45) is 0 Å². The molecule has 17 nitrogen and oxygen atoms in total. The molecule has 51 heavy (non-hydrogen) atoms. The van der Waals surface area contributed by atoms with Crippen LogP contribution in [0.5, 0.6) is 0 Å². The number of rotatable bonds is 16. The van der Waals surface area contributed by atoms with E-state index < -0.39 is 57.0 Å². The van der Waals surface area contributed by atoms with Gasteiger partial charge in [-0.1, -0.05) is 60.8 Å². The predicted octanol–water partition coefficient (Wildman–Crippen LogP) is 0.984. The van der Waals surface area contributed by atoms with Gasteiger partial charge in [-0.2, -0.15) is 29.2 Å². The second-order valence-corrected chi connectivity index (χ2v) is 14.8. The number of unbranched alkanes of at least 4 members (excludes halogenated alkanes) is 4. The molecule has 4 rings (SSSR count). The number of urea groups is 2. The first-order valence-electron chi connectivity index (χ1n) is 17.2.